The van der Waals surface area contributed by atoms with Gasteiger partial charge >= 0.3 is 10.0 Å². The minimum Gasteiger partial charge on any atom is -0.257 e. The van der Waals surface area contributed by atoms with Crippen molar-refractivity contribution in [2.75, 3.05) is 0 Å². The summed E-state index contributed by atoms with van der Waals surface area (Å²) in [6.07, 6.45) is 5.10. The van der Waals surface area contributed by atoms with Crippen molar-refractivity contribution in [1.29, 1.82) is 0 Å². The predicted molar refractivity (Wildman–Crippen MR) is 52.3 cm³/mol. The van der Waals surface area contributed by atoms with Crippen LogP contribution in [0.4, 0.5) is 0 Å². The maximum Gasteiger partial charge on any atom is 0.302 e. The molecule has 1 aromatic heterocycles. The largest absolute Gasteiger partial charge is 0.302 e. The van der Waals surface area contributed by atoms with Gasteiger partial charge < -0.3 is 0 Å². The van der Waals surface area contributed by atoms with Crippen LogP contribution in [-0.2, 0) is 15.8 Å². The fourth-order valence-electron chi connectivity index (χ4n) is 0.865. The van der Waals surface area contributed by atoms with Gasteiger partial charge in [-0.05, 0) is 12.0 Å². The first-order valence-electron chi connectivity index (χ1n) is 3.36. The average molecular weight is 217 g/mol. The molecule has 6 heteroatoms. The van der Waals surface area contributed by atoms with E-state index in [4.69, 9.17) is 12.3 Å². The van der Waals surface area contributed by atoms with Gasteiger partial charge in [-0.25, -0.2) is 8.42 Å². The second kappa shape index (κ2) is 3.89. The highest BCUT2D eigenvalue weighted by Gasteiger charge is 2.25. The molecular weight excluding hydrogens is 208 g/mol. The van der Waals surface area contributed by atoms with Gasteiger partial charge in [0, 0.05) is 16.5 Å². The quantitative estimate of drug-likeness (QED) is 0.329. The van der Waals surface area contributed by atoms with Crippen LogP contribution in [0.1, 0.15) is 0 Å². The molecule has 0 saturated carbocycles. The molecule has 0 aliphatic heterocycles. The Morgan fingerprint density at radius 1 is 1.69 bits per heavy atom. The number of hydrazine groups is 1. The van der Waals surface area contributed by atoms with Crippen molar-refractivity contribution >= 4 is 20.5 Å². The molecule has 0 aromatic carbocycles. The maximum absolute atomic E-state index is 11.3. The summed E-state index contributed by atoms with van der Waals surface area (Å²) in [7, 11) is -4.05. The molecule has 1 atom stereocenters. The molecule has 1 unspecified atom stereocenters. The number of hydrogen-bond acceptors (Lipinski definition) is 3. The van der Waals surface area contributed by atoms with E-state index in [0.717, 1.165) is 0 Å². The molecule has 0 bridgehead atoms. The minimum absolute atomic E-state index is 0.257. The van der Waals surface area contributed by atoms with Crippen LogP contribution in [0.3, 0.4) is 0 Å². The topological polar surface area (TPSA) is 72.2 Å². The lowest BCUT2D eigenvalue weighted by molar-refractivity contribution is 0.586. The van der Waals surface area contributed by atoms with Gasteiger partial charge in [-0.15, -0.1) is 11.3 Å². The van der Waals surface area contributed by atoms with Crippen LogP contribution in [0.15, 0.2) is 21.7 Å². The molecule has 70 valence electrons. The average Bonchev–Trinajstić information content (AvgIpc) is 2.54. The van der Waals surface area contributed by atoms with Crippen molar-refractivity contribution in [2.45, 2.75) is 9.96 Å². The lowest BCUT2D eigenvalue weighted by Crippen LogP contribution is -2.29. The number of nitrogens with one attached hydrogen (secondary N) is 1. The number of nitrogens with two attached hydrogens (primary N) is 1. The third-order valence-electron chi connectivity index (χ3n) is 1.39. The van der Waals surface area contributed by atoms with Crippen LogP contribution in [0, 0.1) is 12.3 Å². The van der Waals surface area contributed by atoms with Gasteiger partial charge in [0.25, 0.3) is 4.21 Å². The number of sulfonamides is 1. The summed E-state index contributed by atoms with van der Waals surface area (Å²) in [5.74, 6) is 7.71. The van der Waals surface area contributed by atoms with E-state index >= 15 is 0 Å². The Morgan fingerprint density at radius 3 is 2.92 bits per heavy atom. The molecule has 1 heterocycles. The van der Waals surface area contributed by atoms with Gasteiger partial charge in [0.1, 0.15) is 5.38 Å². The van der Waals surface area contributed by atoms with Crippen molar-refractivity contribution in [3.8, 4) is 12.3 Å². The highest BCUT2D eigenvalue weighted by molar-refractivity contribution is 7.92. The Morgan fingerprint density at radius 2 is 2.38 bits per heavy atom. The first kappa shape index (κ1) is 10.2. The molecule has 0 radical (unpaired) electrons. The van der Waals surface area contributed by atoms with Gasteiger partial charge in [-0.1, -0.05) is 0 Å². The molecule has 1 rings (SSSR count). The zero-order valence-electron chi connectivity index (χ0n) is 6.73. The predicted octanol–water partition coefficient (Wildman–Crippen LogP) is 0.221. The molecule has 0 aliphatic rings. The Kier molecular flexibility index (Phi) is 3.06. The van der Waals surface area contributed by atoms with Crippen LogP contribution >= 0.6 is 10.5 Å². The Bertz CT molecular complexity index is 428. The Labute approximate surface area is 79.8 Å². The monoisotopic (exact) mass is 217 g/mol. The Balaban J connectivity index is 3.17. The number of thiophene rings is 1. The standard InChI is InChI=1S/C7H9N2O2S2/c1-2-5-12-6-3-4-7(12)13(10,11)9-8/h1,3-4,6,9H,5,8H2/q+1. The number of rotatable bonds is 3. The highest BCUT2D eigenvalue weighted by atomic mass is 32.3. The van der Waals surface area contributed by atoms with Gasteiger partial charge in [-0.2, -0.15) is 0 Å². The molecule has 1 aromatic rings. The second-order valence-corrected chi connectivity index (χ2v) is 6.01. The van der Waals surface area contributed by atoms with Crippen molar-refractivity contribution in [2.24, 2.45) is 5.84 Å². The molecule has 0 spiro atoms. The van der Waals surface area contributed by atoms with Crippen molar-refractivity contribution in [3.05, 3.63) is 17.5 Å². The first-order valence-corrected chi connectivity index (χ1v) is 6.30. The highest BCUT2D eigenvalue weighted by Crippen LogP contribution is 2.28. The first-order chi connectivity index (χ1) is 6.11. The van der Waals surface area contributed by atoms with E-state index in [1.807, 2.05) is 0 Å². The summed E-state index contributed by atoms with van der Waals surface area (Å²) in [5, 5.41) is 1.77. The van der Waals surface area contributed by atoms with E-state index in [1.165, 1.54) is 6.07 Å². The summed E-state index contributed by atoms with van der Waals surface area (Å²) >= 11 is 0. The molecule has 0 amide bonds. The molecule has 0 saturated heterocycles. The van der Waals surface area contributed by atoms with Gasteiger partial charge in [0.15, 0.2) is 5.75 Å². The smallest absolute Gasteiger partial charge is 0.257 e. The summed E-state index contributed by atoms with van der Waals surface area (Å²) in [4.78, 5) is 1.77. The zero-order valence-corrected chi connectivity index (χ0v) is 8.36. The number of terminal acetylenes is 1. The van der Waals surface area contributed by atoms with Gasteiger partial charge in [0.05, 0.1) is 0 Å². The van der Waals surface area contributed by atoms with E-state index in [9.17, 15) is 8.42 Å². The minimum atomic E-state index is -3.53. The van der Waals surface area contributed by atoms with Gasteiger partial charge in [-0.3, -0.25) is 5.84 Å². The molecular formula is C7H9N2O2S2+. The molecule has 0 aliphatic carbocycles. The third-order valence-corrected chi connectivity index (χ3v) is 5.29. The normalized spacial score (nSPS) is 12.5. The molecule has 0 fully saturated rings. The summed E-state index contributed by atoms with van der Waals surface area (Å²) in [6, 6.07) is 3.18. The van der Waals surface area contributed by atoms with Crippen LogP contribution in [-0.4, -0.2) is 8.42 Å². The molecule has 3 N–H and O–H groups in total. The molecule has 13 heavy (non-hydrogen) atoms. The van der Waals surface area contributed by atoms with Crippen LogP contribution in [0.5, 0.6) is 0 Å². The summed E-state index contributed by atoms with van der Waals surface area (Å²) in [6.45, 7) is 0. The van der Waals surface area contributed by atoms with Crippen LogP contribution < -0.4 is 10.7 Å². The fourth-order valence-corrected chi connectivity index (χ4v) is 3.93. The maximum atomic E-state index is 11.3. The zero-order chi connectivity index (χ0) is 9.90. The lowest BCUT2D eigenvalue weighted by atomic mass is 10.7. The Hall–Kier alpha value is -0.870. The van der Waals surface area contributed by atoms with E-state index in [2.05, 4.69) is 5.92 Å². The second-order valence-electron chi connectivity index (χ2n) is 2.21. The number of hydrogen-bond donors (Lipinski definition) is 2. The van der Waals surface area contributed by atoms with Crippen LogP contribution in [0.25, 0.3) is 0 Å². The van der Waals surface area contributed by atoms with Crippen molar-refractivity contribution in [1.82, 2.24) is 4.83 Å². The molecule has 4 nitrogen and oxygen atoms in total. The fraction of sp³-hybridized carbons (Fsp3) is 0.143. The third kappa shape index (κ3) is 2.08. The van der Waals surface area contributed by atoms with Crippen LogP contribution in [0.2, 0.25) is 0 Å². The SMILES string of the molecule is C#CC[s+]1cccc1S(=O)(=O)NN. The van der Waals surface area contributed by atoms with E-state index < -0.39 is 20.5 Å². The van der Waals surface area contributed by atoms with E-state index in [-0.39, 0.29) is 4.21 Å². The summed E-state index contributed by atoms with van der Waals surface area (Å²) < 4.78 is 22.8. The lowest BCUT2D eigenvalue weighted by Gasteiger charge is -1.94. The van der Waals surface area contributed by atoms with E-state index in [1.54, 1.807) is 16.3 Å². The van der Waals surface area contributed by atoms with Crippen molar-refractivity contribution < 1.29 is 8.42 Å². The summed E-state index contributed by atoms with van der Waals surface area (Å²) in [5.41, 5.74) is 0. The van der Waals surface area contributed by atoms with E-state index in [0.29, 0.717) is 5.75 Å². The van der Waals surface area contributed by atoms with Crippen molar-refractivity contribution in [3.63, 3.8) is 0 Å². The van der Waals surface area contributed by atoms with Gasteiger partial charge in [0.2, 0.25) is 0 Å².